The van der Waals surface area contributed by atoms with Gasteiger partial charge in [-0.05, 0) is 56.0 Å². The highest BCUT2D eigenvalue weighted by Crippen LogP contribution is 2.48. The van der Waals surface area contributed by atoms with E-state index in [-0.39, 0.29) is 35.5 Å². The van der Waals surface area contributed by atoms with E-state index in [1.165, 1.54) is 18.4 Å². The minimum absolute atomic E-state index is 0. The molecule has 0 amide bonds. The van der Waals surface area contributed by atoms with Gasteiger partial charge < -0.3 is 20.3 Å². The van der Waals surface area contributed by atoms with Crippen molar-refractivity contribution in [2.75, 3.05) is 37.7 Å². The molecule has 32 heavy (non-hydrogen) atoms. The Bertz CT molecular complexity index is 904. The van der Waals surface area contributed by atoms with Gasteiger partial charge in [0.25, 0.3) is 0 Å². The fourth-order valence-corrected chi connectivity index (χ4v) is 4.22. The van der Waals surface area contributed by atoms with Gasteiger partial charge >= 0.3 is 0 Å². The molecule has 2 aliphatic rings. The fraction of sp³-hybridized carbons (Fsp3) is 0.500. The second-order valence-corrected chi connectivity index (χ2v) is 8.93. The molecular formula is C24H33ClIN5O. The van der Waals surface area contributed by atoms with Gasteiger partial charge in [0.2, 0.25) is 0 Å². The normalized spacial score (nSPS) is 19.8. The summed E-state index contributed by atoms with van der Waals surface area (Å²) in [6.45, 7) is 8.97. The highest BCUT2D eigenvalue weighted by Gasteiger charge is 2.44. The van der Waals surface area contributed by atoms with Crippen molar-refractivity contribution in [2.24, 2.45) is 4.99 Å². The Morgan fingerprint density at radius 1 is 1.28 bits per heavy atom. The lowest BCUT2D eigenvalue weighted by atomic mass is 9.96. The largest absolute Gasteiger partial charge is 0.375 e. The molecule has 1 saturated carbocycles. The number of ether oxygens (including phenoxy) is 1. The molecule has 1 aromatic carbocycles. The molecule has 4 rings (SSSR count). The SMILES string of the molecule is CCNC(=NCc1ccc(N2CCOC(C)C2)nc1)NCC1(c2cccc(Cl)c2)CC1.I. The molecule has 6 nitrogen and oxygen atoms in total. The van der Waals surface area contributed by atoms with Crippen LogP contribution in [0.25, 0.3) is 0 Å². The number of halogens is 2. The zero-order valence-electron chi connectivity index (χ0n) is 18.8. The summed E-state index contributed by atoms with van der Waals surface area (Å²) in [6.07, 6.45) is 4.52. The minimum atomic E-state index is 0. The van der Waals surface area contributed by atoms with E-state index in [0.717, 1.165) is 55.1 Å². The molecule has 1 aliphatic heterocycles. The lowest BCUT2D eigenvalue weighted by Crippen LogP contribution is -2.41. The van der Waals surface area contributed by atoms with Crippen LogP contribution in [-0.2, 0) is 16.7 Å². The Morgan fingerprint density at radius 2 is 2.12 bits per heavy atom. The van der Waals surface area contributed by atoms with Gasteiger partial charge in [-0.2, -0.15) is 0 Å². The number of aromatic nitrogens is 1. The lowest BCUT2D eigenvalue weighted by molar-refractivity contribution is 0.0529. The molecule has 1 aliphatic carbocycles. The van der Waals surface area contributed by atoms with Gasteiger partial charge in [-0.25, -0.2) is 9.98 Å². The number of hydrogen-bond donors (Lipinski definition) is 2. The van der Waals surface area contributed by atoms with E-state index in [4.69, 9.17) is 21.3 Å². The number of morpholine rings is 1. The van der Waals surface area contributed by atoms with E-state index in [0.29, 0.717) is 6.54 Å². The number of aliphatic imine (C=N–C) groups is 1. The van der Waals surface area contributed by atoms with Crippen LogP contribution in [0.2, 0.25) is 5.02 Å². The summed E-state index contributed by atoms with van der Waals surface area (Å²) in [7, 11) is 0. The molecule has 174 valence electrons. The number of hydrogen-bond acceptors (Lipinski definition) is 4. The average Bonchev–Trinajstić information content (AvgIpc) is 3.57. The van der Waals surface area contributed by atoms with Crippen molar-refractivity contribution < 1.29 is 4.74 Å². The Labute approximate surface area is 213 Å². The Hall–Kier alpha value is -1.58. The first-order valence-electron chi connectivity index (χ1n) is 11.2. The van der Waals surface area contributed by atoms with Crippen LogP contribution in [0.1, 0.15) is 37.8 Å². The van der Waals surface area contributed by atoms with E-state index >= 15 is 0 Å². The summed E-state index contributed by atoms with van der Waals surface area (Å²) in [4.78, 5) is 11.7. The molecule has 1 saturated heterocycles. The van der Waals surface area contributed by atoms with E-state index in [1.807, 2.05) is 18.3 Å². The first kappa shape index (κ1) is 25.1. The maximum Gasteiger partial charge on any atom is 0.191 e. The summed E-state index contributed by atoms with van der Waals surface area (Å²) in [5.41, 5.74) is 2.57. The summed E-state index contributed by atoms with van der Waals surface area (Å²) < 4.78 is 5.62. The monoisotopic (exact) mass is 569 g/mol. The van der Waals surface area contributed by atoms with E-state index in [2.05, 4.69) is 58.6 Å². The van der Waals surface area contributed by atoms with Crippen molar-refractivity contribution >= 4 is 47.4 Å². The highest BCUT2D eigenvalue weighted by molar-refractivity contribution is 14.0. The van der Waals surface area contributed by atoms with E-state index < -0.39 is 0 Å². The van der Waals surface area contributed by atoms with Crippen LogP contribution >= 0.6 is 35.6 Å². The molecule has 1 atom stereocenters. The highest BCUT2D eigenvalue weighted by atomic mass is 127. The van der Waals surface area contributed by atoms with Crippen LogP contribution in [0.3, 0.4) is 0 Å². The van der Waals surface area contributed by atoms with Crippen LogP contribution < -0.4 is 15.5 Å². The summed E-state index contributed by atoms with van der Waals surface area (Å²) in [6, 6.07) is 12.4. The van der Waals surface area contributed by atoms with Crippen molar-refractivity contribution in [3.8, 4) is 0 Å². The van der Waals surface area contributed by atoms with Crippen molar-refractivity contribution in [2.45, 2.75) is 44.8 Å². The fourth-order valence-electron chi connectivity index (χ4n) is 4.03. The van der Waals surface area contributed by atoms with Gasteiger partial charge in [0.05, 0.1) is 19.3 Å². The zero-order chi connectivity index (χ0) is 21.7. The number of pyridine rings is 1. The molecule has 0 spiro atoms. The standard InChI is InChI=1S/C24H32ClN5O.HI/c1-3-26-23(29-17-24(9-10-24)20-5-4-6-21(25)13-20)28-15-19-7-8-22(27-14-19)30-11-12-31-18(2)16-30;/h4-8,13-14,18H,3,9-12,15-17H2,1-2H3,(H2,26,28,29);1H. The quantitative estimate of drug-likeness (QED) is 0.295. The number of rotatable bonds is 7. The van der Waals surface area contributed by atoms with Crippen molar-refractivity contribution in [1.29, 1.82) is 0 Å². The number of nitrogens with one attached hydrogen (secondary N) is 2. The predicted octanol–water partition coefficient (Wildman–Crippen LogP) is 4.37. The summed E-state index contributed by atoms with van der Waals surface area (Å²) in [5, 5.41) is 7.69. The van der Waals surface area contributed by atoms with Gasteiger partial charge in [0.15, 0.2) is 5.96 Å². The van der Waals surface area contributed by atoms with Gasteiger partial charge in [0.1, 0.15) is 5.82 Å². The lowest BCUT2D eigenvalue weighted by Gasteiger charge is -2.32. The van der Waals surface area contributed by atoms with Crippen LogP contribution in [0.5, 0.6) is 0 Å². The number of anilines is 1. The third-order valence-corrected chi connectivity index (χ3v) is 6.26. The molecule has 0 bridgehead atoms. The van der Waals surface area contributed by atoms with Crippen LogP contribution in [0, 0.1) is 0 Å². The Kier molecular flexibility index (Phi) is 9.02. The molecule has 0 radical (unpaired) electrons. The van der Waals surface area contributed by atoms with Gasteiger partial charge in [0, 0.05) is 42.8 Å². The number of benzene rings is 1. The van der Waals surface area contributed by atoms with Crippen LogP contribution in [-0.4, -0.2) is 49.8 Å². The molecule has 1 unspecified atom stereocenters. The molecule has 2 fully saturated rings. The first-order chi connectivity index (χ1) is 15.1. The van der Waals surface area contributed by atoms with Gasteiger partial charge in [-0.3, -0.25) is 0 Å². The average molecular weight is 570 g/mol. The minimum Gasteiger partial charge on any atom is -0.375 e. The van der Waals surface area contributed by atoms with Crippen molar-refractivity contribution in [3.63, 3.8) is 0 Å². The first-order valence-corrected chi connectivity index (χ1v) is 11.6. The van der Waals surface area contributed by atoms with Crippen molar-refractivity contribution in [1.82, 2.24) is 15.6 Å². The zero-order valence-corrected chi connectivity index (χ0v) is 21.9. The Morgan fingerprint density at radius 3 is 2.78 bits per heavy atom. The summed E-state index contributed by atoms with van der Waals surface area (Å²) in [5.74, 6) is 1.84. The van der Waals surface area contributed by atoms with Crippen molar-refractivity contribution in [3.05, 3.63) is 58.7 Å². The van der Waals surface area contributed by atoms with Crippen LogP contribution in [0.4, 0.5) is 5.82 Å². The maximum absolute atomic E-state index is 6.20. The van der Waals surface area contributed by atoms with E-state index in [9.17, 15) is 0 Å². The molecule has 2 N–H and O–H groups in total. The molecular weight excluding hydrogens is 537 g/mol. The topological polar surface area (TPSA) is 61.8 Å². The smallest absolute Gasteiger partial charge is 0.191 e. The predicted molar refractivity (Wildman–Crippen MR) is 142 cm³/mol. The second-order valence-electron chi connectivity index (χ2n) is 8.49. The third kappa shape index (κ3) is 6.48. The van der Waals surface area contributed by atoms with Gasteiger partial charge in [-0.1, -0.05) is 29.8 Å². The molecule has 1 aromatic heterocycles. The molecule has 2 aromatic rings. The molecule has 8 heteroatoms. The summed E-state index contributed by atoms with van der Waals surface area (Å²) >= 11 is 6.20. The van der Waals surface area contributed by atoms with Crippen LogP contribution in [0.15, 0.2) is 47.6 Å². The maximum atomic E-state index is 6.20. The Balaban J connectivity index is 0.00000289. The number of guanidine groups is 1. The third-order valence-electron chi connectivity index (χ3n) is 6.02. The molecule has 2 heterocycles. The number of nitrogens with zero attached hydrogens (tertiary/aromatic N) is 3. The van der Waals surface area contributed by atoms with Gasteiger partial charge in [-0.15, -0.1) is 24.0 Å². The van der Waals surface area contributed by atoms with E-state index in [1.54, 1.807) is 0 Å². The second kappa shape index (κ2) is 11.5.